The highest BCUT2D eigenvalue weighted by atomic mass is 32.2. The lowest BCUT2D eigenvalue weighted by Gasteiger charge is -2.37. The summed E-state index contributed by atoms with van der Waals surface area (Å²) < 4.78 is 0. The van der Waals surface area contributed by atoms with Crippen LogP contribution in [0.1, 0.15) is 55.0 Å². The van der Waals surface area contributed by atoms with Gasteiger partial charge in [-0.25, -0.2) is 0 Å². The van der Waals surface area contributed by atoms with E-state index in [1.807, 2.05) is 23.1 Å². The van der Waals surface area contributed by atoms with E-state index in [4.69, 9.17) is 4.99 Å². The molecule has 2 nitrogen and oxygen atoms in total. The van der Waals surface area contributed by atoms with E-state index < -0.39 is 0 Å². The standard InChI is InChI=1S/C16H22N2S2/c1-2-5-13-11(4-1)10-20-16(17-13)18-14-6-3-7-15-12(14)8-9-19-15/h8-9,11,13-14H,1-7,10H2,(H,17,18). The molecule has 1 aromatic rings. The predicted molar refractivity (Wildman–Crippen MR) is 88.8 cm³/mol. The van der Waals surface area contributed by atoms with Crippen LogP contribution in [0.3, 0.4) is 0 Å². The molecule has 1 saturated heterocycles. The van der Waals surface area contributed by atoms with Gasteiger partial charge in [-0.15, -0.1) is 11.3 Å². The van der Waals surface area contributed by atoms with Crippen molar-refractivity contribution in [1.82, 2.24) is 5.32 Å². The van der Waals surface area contributed by atoms with Crippen LogP contribution in [0.15, 0.2) is 16.4 Å². The first-order chi connectivity index (χ1) is 9.90. The van der Waals surface area contributed by atoms with E-state index in [-0.39, 0.29) is 0 Å². The van der Waals surface area contributed by atoms with Gasteiger partial charge in [-0.1, -0.05) is 24.6 Å². The molecule has 3 unspecified atom stereocenters. The second kappa shape index (κ2) is 5.72. The average Bonchev–Trinajstić information content (AvgIpc) is 2.97. The van der Waals surface area contributed by atoms with Crippen molar-refractivity contribution in [3.05, 3.63) is 21.9 Å². The molecule has 4 heteroatoms. The number of thioether (sulfide) groups is 1. The molecule has 108 valence electrons. The van der Waals surface area contributed by atoms with Crippen LogP contribution in [0.2, 0.25) is 0 Å². The van der Waals surface area contributed by atoms with Gasteiger partial charge in [-0.3, -0.25) is 4.99 Å². The first kappa shape index (κ1) is 13.2. The van der Waals surface area contributed by atoms with Gasteiger partial charge in [0.25, 0.3) is 0 Å². The van der Waals surface area contributed by atoms with Crippen molar-refractivity contribution in [2.45, 2.75) is 57.0 Å². The van der Waals surface area contributed by atoms with Crippen molar-refractivity contribution in [2.75, 3.05) is 5.75 Å². The zero-order valence-corrected chi connectivity index (χ0v) is 13.4. The van der Waals surface area contributed by atoms with Gasteiger partial charge in [-0.05, 0) is 55.0 Å². The quantitative estimate of drug-likeness (QED) is 0.833. The van der Waals surface area contributed by atoms with Crippen molar-refractivity contribution in [1.29, 1.82) is 0 Å². The number of aryl methyl sites for hydroxylation is 1. The molecule has 1 aromatic heterocycles. The van der Waals surface area contributed by atoms with Gasteiger partial charge in [0.15, 0.2) is 5.17 Å². The number of hydrogen-bond acceptors (Lipinski definition) is 3. The van der Waals surface area contributed by atoms with Crippen molar-refractivity contribution in [3.8, 4) is 0 Å². The number of rotatable bonds is 1. The highest BCUT2D eigenvalue weighted by Crippen LogP contribution is 2.37. The lowest BCUT2D eigenvalue weighted by atomic mass is 9.86. The molecular weight excluding hydrogens is 284 g/mol. The molecule has 0 spiro atoms. The number of hydrogen-bond donors (Lipinski definition) is 1. The van der Waals surface area contributed by atoms with Gasteiger partial charge >= 0.3 is 0 Å². The van der Waals surface area contributed by atoms with Crippen molar-refractivity contribution in [2.24, 2.45) is 10.9 Å². The van der Waals surface area contributed by atoms with Crippen LogP contribution in [-0.2, 0) is 6.42 Å². The van der Waals surface area contributed by atoms with Gasteiger partial charge in [0.1, 0.15) is 0 Å². The average molecular weight is 306 g/mol. The first-order valence-electron chi connectivity index (χ1n) is 7.93. The monoisotopic (exact) mass is 306 g/mol. The highest BCUT2D eigenvalue weighted by molar-refractivity contribution is 8.13. The Bertz CT molecular complexity index is 508. The smallest absolute Gasteiger partial charge is 0.157 e. The summed E-state index contributed by atoms with van der Waals surface area (Å²) in [6.45, 7) is 0. The van der Waals surface area contributed by atoms with Crippen molar-refractivity contribution in [3.63, 3.8) is 0 Å². The third-order valence-electron chi connectivity index (χ3n) is 4.95. The molecule has 2 heterocycles. The molecule has 3 aliphatic rings. The molecule has 0 aromatic carbocycles. The van der Waals surface area contributed by atoms with Gasteiger partial charge in [0.05, 0.1) is 6.04 Å². The lowest BCUT2D eigenvalue weighted by Crippen LogP contribution is -2.46. The Morgan fingerprint density at radius 1 is 1.15 bits per heavy atom. The largest absolute Gasteiger partial charge is 0.362 e. The number of thiophene rings is 1. The Labute approximate surface area is 129 Å². The van der Waals surface area contributed by atoms with E-state index in [2.05, 4.69) is 16.8 Å². The van der Waals surface area contributed by atoms with Crippen molar-refractivity contribution >= 4 is 28.3 Å². The number of amidine groups is 1. The van der Waals surface area contributed by atoms with Crippen molar-refractivity contribution < 1.29 is 0 Å². The summed E-state index contributed by atoms with van der Waals surface area (Å²) in [4.78, 5) is 6.65. The molecule has 2 aliphatic carbocycles. The Hall–Kier alpha value is -0.480. The van der Waals surface area contributed by atoms with E-state index in [9.17, 15) is 0 Å². The van der Waals surface area contributed by atoms with E-state index in [1.165, 1.54) is 61.4 Å². The maximum absolute atomic E-state index is 5.07. The SMILES string of the molecule is c1cc2c(s1)CCCC2N=C1NC2CCCCC2CS1. The lowest BCUT2D eigenvalue weighted by molar-refractivity contribution is 0.310. The molecule has 0 bridgehead atoms. The third kappa shape index (κ3) is 2.52. The maximum Gasteiger partial charge on any atom is 0.157 e. The second-order valence-electron chi connectivity index (χ2n) is 6.25. The molecule has 20 heavy (non-hydrogen) atoms. The Morgan fingerprint density at radius 3 is 3.10 bits per heavy atom. The fourth-order valence-electron chi connectivity index (χ4n) is 3.80. The zero-order valence-electron chi connectivity index (χ0n) is 11.8. The summed E-state index contributed by atoms with van der Waals surface area (Å²) >= 11 is 3.87. The molecule has 1 aliphatic heterocycles. The van der Waals surface area contributed by atoms with Gasteiger partial charge in [0.2, 0.25) is 0 Å². The second-order valence-corrected chi connectivity index (χ2v) is 8.26. The van der Waals surface area contributed by atoms with E-state index in [1.54, 1.807) is 4.88 Å². The summed E-state index contributed by atoms with van der Waals surface area (Å²) in [5.41, 5.74) is 1.50. The molecular formula is C16H22N2S2. The molecule has 3 atom stereocenters. The predicted octanol–water partition coefficient (Wildman–Crippen LogP) is 4.38. The van der Waals surface area contributed by atoms with Crippen LogP contribution in [0, 0.1) is 5.92 Å². The summed E-state index contributed by atoms with van der Waals surface area (Å²) in [7, 11) is 0. The Morgan fingerprint density at radius 2 is 2.10 bits per heavy atom. The molecule has 4 rings (SSSR count). The molecule has 2 fully saturated rings. The van der Waals surface area contributed by atoms with Crippen LogP contribution in [0.4, 0.5) is 0 Å². The van der Waals surface area contributed by atoms with Crippen LogP contribution in [0.25, 0.3) is 0 Å². The maximum atomic E-state index is 5.07. The van der Waals surface area contributed by atoms with E-state index in [0.29, 0.717) is 12.1 Å². The Kier molecular flexibility index (Phi) is 3.78. The zero-order chi connectivity index (χ0) is 13.4. The number of nitrogens with zero attached hydrogens (tertiary/aromatic N) is 1. The normalized spacial score (nSPS) is 35.2. The molecule has 1 N–H and O–H groups in total. The Balaban J connectivity index is 1.51. The molecule has 1 saturated carbocycles. The van der Waals surface area contributed by atoms with E-state index >= 15 is 0 Å². The van der Waals surface area contributed by atoms with Crippen LogP contribution in [-0.4, -0.2) is 17.0 Å². The minimum atomic E-state index is 0.417. The summed E-state index contributed by atoms with van der Waals surface area (Å²) in [5.74, 6) is 2.16. The van der Waals surface area contributed by atoms with Gasteiger partial charge in [0, 0.05) is 16.7 Å². The molecule has 0 amide bonds. The topological polar surface area (TPSA) is 24.4 Å². The van der Waals surface area contributed by atoms with Gasteiger partial charge in [-0.2, -0.15) is 0 Å². The first-order valence-corrected chi connectivity index (χ1v) is 9.80. The minimum Gasteiger partial charge on any atom is -0.362 e. The number of nitrogens with one attached hydrogen (secondary N) is 1. The van der Waals surface area contributed by atoms with Crippen LogP contribution >= 0.6 is 23.1 Å². The molecule has 0 radical (unpaired) electrons. The van der Waals surface area contributed by atoms with Gasteiger partial charge < -0.3 is 5.32 Å². The number of fused-ring (bicyclic) bond motifs is 2. The van der Waals surface area contributed by atoms with Crippen LogP contribution in [0.5, 0.6) is 0 Å². The fourth-order valence-corrected chi connectivity index (χ4v) is 5.98. The van der Waals surface area contributed by atoms with E-state index in [0.717, 1.165) is 5.92 Å². The fraction of sp³-hybridized carbons (Fsp3) is 0.688. The summed E-state index contributed by atoms with van der Waals surface area (Å²) in [6.07, 6.45) is 9.37. The third-order valence-corrected chi connectivity index (χ3v) is 7.03. The van der Waals surface area contributed by atoms with Crippen LogP contribution < -0.4 is 5.32 Å². The highest BCUT2D eigenvalue weighted by Gasteiger charge is 2.31. The summed E-state index contributed by atoms with van der Waals surface area (Å²) in [6, 6.07) is 3.42. The number of aliphatic imine (C=N–C) groups is 1. The summed E-state index contributed by atoms with van der Waals surface area (Å²) in [5, 5.41) is 7.20. The minimum absolute atomic E-state index is 0.417.